The third-order valence-electron chi connectivity index (χ3n) is 4.19. The molecule has 0 aliphatic heterocycles. The van der Waals surface area contributed by atoms with Crippen molar-refractivity contribution in [2.24, 2.45) is 0 Å². The molecular formula is C20H19N3O4. The molecule has 1 unspecified atom stereocenters. The second-order valence-electron chi connectivity index (χ2n) is 5.94. The van der Waals surface area contributed by atoms with Crippen LogP contribution in [0.2, 0.25) is 0 Å². The maximum Gasteiger partial charge on any atom is 0.333 e. The number of amides is 1. The van der Waals surface area contributed by atoms with E-state index in [1.54, 1.807) is 42.5 Å². The number of carbonyl (C=O) groups excluding carboxylic acids is 2. The lowest BCUT2D eigenvalue weighted by molar-refractivity contribution is -0.145. The van der Waals surface area contributed by atoms with Crippen LogP contribution < -0.4 is 10.9 Å². The summed E-state index contributed by atoms with van der Waals surface area (Å²) >= 11 is 0. The van der Waals surface area contributed by atoms with Gasteiger partial charge in [0.1, 0.15) is 0 Å². The summed E-state index contributed by atoms with van der Waals surface area (Å²) in [6.45, 7) is 0.158. The molecule has 0 saturated carbocycles. The largest absolute Gasteiger partial charge is 0.467 e. The number of hydrogen-bond acceptors (Lipinski definition) is 5. The average molecular weight is 365 g/mol. The van der Waals surface area contributed by atoms with Gasteiger partial charge in [0.2, 0.25) is 5.91 Å². The lowest BCUT2D eigenvalue weighted by atomic mass is 10.1. The Balaban J connectivity index is 1.71. The Morgan fingerprint density at radius 3 is 2.56 bits per heavy atom. The molecule has 0 saturated heterocycles. The standard InChI is InChI=1S/C20H19N3O4/c1-27-20(26)18(14-7-3-2-4-8-14)22-17(24)11-12-23-13-21-16-10-6-5-9-15(16)19(23)25/h2-10,13,18H,11-12H2,1H3,(H,22,24). The van der Waals surface area contributed by atoms with Crippen LogP contribution in [0.4, 0.5) is 0 Å². The van der Waals surface area contributed by atoms with Crippen LogP contribution in [0.3, 0.4) is 0 Å². The van der Waals surface area contributed by atoms with Gasteiger partial charge in [-0.05, 0) is 17.7 Å². The first-order valence-corrected chi connectivity index (χ1v) is 8.46. The fourth-order valence-corrected chi connectivity index (χ4v) is 2.76. The van der Waals surface area contributed by atoms with E-state index in [-0.39, 0.29) is 24.4 Å². The highest BCUT2D eigenvalue weighted by Crippen LogP contribution is 2.14. The van der Waals surface area contributed by atoms with Crippen molar-refractivity contribution in [3.8, 4) is 0 Å². The van der Waals surface area contributed by atoms with Crippen molar-refractivity contribution in [2.75, 3.05) is 7.11 Å². The summed E-state index contributed by atoms with van der Waals surface area (Å²) in [4.78, 5) is 41.0. The van der Waals surface area contributed by atoms with E-state index in [0.717, 1.165) is 0 Å². The molecular weight excluding hydrogens is 346 g/mol. The molecule has 0 aliphatic rings. The molecule has 1 N–H and O–H groups in total. The van der Waals surface area contributed by atoms with Crippen molar-refractivity contribution in [1.29, 1.82) is 0 Å². The van der Waals surface area contributed by atoms with Crippen molar-refractivity contribution in [2.45, 2.75) is 19.0 Å². The van der Waals surface area contributed by atoms with Gasteiger partial charge in [-0.1, -0.05) is 42.5 Å². The molecule has 1 heterocycles. The van der Waals surface area contributed by atoms with Gasteiger partial charge in [-0.3, -0.25) is 14.2 Å². The lowest BCUT2D eigenvalue weighted by Gasteiger charge is -2.17. The van der Waals surface area contributed by atoms with Crippen LogP contribution in [0.5, 0.6) is 0 Å². The summed E-state index contributed by atoms with van der Waals surface area (Å²) in [5.74, 6) is -0.923. The number of hydrogen-bond donors (Lipinski definition) is 1. The molecule has 0 spiro atoms. The number of aromatic nitrogens is 2. The van der Waals surface area contributed by atoms with E-state index in [2.05, 4.69) is 10.3 Å². The van der Waals surface area contributed by atoms with E-state index in [1.165, 1.54) is 18.0 Å². The summed E-state index contributed by atoms with van der Waals surface area (Å²) in [6.07, 6.45) is 1.45. The topological polar surface area (TPSA) is 90.3 Å². The predicted molar refractivity (Wildman–Crippen MR) is 100.0 cm³/mol. The quantitative estimate of drug-likeness (QED) is 0.673. The Morgan fingerprint density at radius 2 is 1.81 bits per heavy atom. The molecule has 3 rings (SSSR count). The van der Waals surface area contributed by atoms with Crippen molar-refractivity contribution in [3.63, 3.8) is 0 Å². The lowest BCUT2D eigenvalue weighted by Crippen LogP contribution is -2.35. The number of nitrogens with zero attached hydrogens (tertiary/aromatic N) is 2. The summed E-state index contributed by atoms with van der Waals surface area (Å²) in [5, 5.41) is 3.16. The van der Waals surface area contributed by atoms with Crippen molar-refractivity contribution in [3.05, 3.63) is 76.8 Å². The maximum absolute atomic E-state index is 12.5. The van der Waals surface area contributed by atoms with E-state index >= 15 is 0 Å². The number of rotatable bonds is 6. The Morgan fingerprint density at radius 1 is 1.11 bits per heavy atom. The first-order chi connectivity index (χ1) is 13.1. The molecule has 0 fully saturated rings. The highest BCUT2D eigenvalue weighted by molar-refractivity contribution is 5.85. The molecule has 0 bridgehead atoms. The third kappa shape index (κ3) is 4.20. The minimum atomic E-state index is -0.893. The SMILES string of the molecule is COC(=O)C(NC(=O)CCn1cnc2ccccc2c1=O)c1ccccc1. The summed E-state index contributed by atoms with van der Waals surface area (Å²) < 4.78 is 6.17. The number of nitrogens with one attached hydrogen (secondary N) is 1. The van der Waals surface area contributed by atoms with Gasteiger partial charge in [0, 0.05) is 13.0 Å². The number of carbonyl (C=O) groups is 2. The Hall–Kier alpha value is -3.48. The van der Waals surface area contributed by atoms with Gasteiger partial charge in [-0.15, -0.1) is 0 Å². The fourth-order valence-electron chi connectivity index (χ4n) is 2.76. The van der Waals surface area contributed by atoms with Crippen LogP contribution in [0, 0.1) is 0 Å². The van der Waals surface area contributed by atoms with Gasteiger partial charge in [-0.2, -0.15) is 0 Å². The molecule has 7 heteroatoms. The highest BCUT2D eigenvalue weighted by Gasteiger charge is 2.23. The third-order valence-corrected chi connectivity index (χ3v) is 4.19. The number of methoxy groups -OCH3 is 1. The zero-order chi connectivity index (χ0) is 19.2. The minimum Gasteiger partial charge on any atom is -0.467 e. The predicted octanol–water partition coefficient (Wildman–Crippen LogP) is 1.82. The highest BCUT2D eigenvalue weighted by atomic mass is 16.5. The summed E-state index contributed by atoms with van der Waals surface area (Å²) in [6, 6.07) is 15.0. The molecule has 1 atom stereocenters. The molecule has 7 nitrogen and oxygen atoms in total. The van der Waals surface area contributed by atoms with Gasteiger partial charge in [0.25, 0.3) is 5.56 Å². The zero-order valence-electron chi connectivity index (χ0n) is 14.8. The number of benzene rings is 2. The van der Waals surface area contributed by atoms with Crippen LogP contribution in [0.1, 0.15) is 18.0 Å². The molecule has 0 aliphatic carbocycles. The van der Waals surface area contributed by atoms with Gasteiger partial charge in [0.15, 0.2) is 6.04 Å². The van der Waals surface area contributed by atoms with Gasteiger partial charge >= 0.3 is 5.97 Å². The number of aryl methyl sites for hydroxylation is 1. The molecule has 2 aromatic carbocycles. The molecule has 1 amide bonds. The normalized spacial score (nSPS) is 11.7. The minimum absolute atomic E-state index is 0.0280. The van der Waals surface area contributed by atoms with Crippen molar-refractivity contribution in [1.82, 2.24) is 14.9 Å². The number of fused-ring (bicyclic) bond motifs is 1. The van der Waals surface area contributed by atoms with Crippen molar-refractivity contribution >= 4 is 22.8 Å². The number of esters is 1. The van der Waals surface area contributed by atoms with Gasteiger partial charge in [-0.25, -0.2) is 9.78 Å². The first-order valence-electron chi connectivity index (χ1n) is 8.46. The van der Waals surface area contributed by atoms with Crippen LogP contribution in [0.25, 0.3) is 10.9 Å². The van der Waals surface area contributed by atoms with E-state index in [9.17, 15) is 14.4 Å². The number of para-hydroxylation sites is 1. The van der Waals surface area contributed by atoms with E-state index in [0.29, 0.717) is 16.5 Å². The molecule has 27 heavy (non-hydrogen) atoms. The molecule has 1 aromatic heterocycles. The van der Waals surface area contributed by atoms with E-state index in [1.807, 2.05) is 12.1 Å². The summed E-state index contributed by atoms with van der Waals surface area (Å²) in [5.41, 5.74) is 1.03. The van der Waals surface area contributed by atoms with Crippen molar-refractivity contribution < 1.29 is 14.3 Å². The molecule has 3 aromatic rings. The van der Waals surface area contributed by atoms with Crippen LogP contribution in [-0.4, -0.2) is 28.5 Å². The van der Waals surface area contributed by atoms with E-state index in [4.69, 9.17) is 4.74 Å². The van der Waals surface area contributed by atoms with Gasteiger partial charge < -0.3 is 10.1 Å². The monoisotopic (exact) mass is 365 g/mol. The smallest absolute Gasteiger partial charge is 0.333 e. The first kappa shape index (κ1) is 18.3. The van der Waals surface area contributed by atoms with Crippen LogP contribution in [0.15, 0.2) is 65.7 Å². The fraction of sp³-hybridized carbons (Fsp3) is 0.200. The molecule has 138 valence electrons. The Kier molecular flexibility index (Phi) is 5.61. The maximum atomic E-state index is 12.5. The van der Waals surface area contributed by atoms with Crippen LogP contribution in [-0.2, 0) is 20.9 Å². The van der Waals surface area contributed by atoms with E-state index < -0.39 is 12.0 Å². The Bertz CT molecular complexity index is 1010. The van der Waals surface area contributed by atoms with Crippen LogP contribution >= 0.6 is 0 Å². The number of ether oxygens (including phenoxy) is 1. The second-order valence-corrected chi connectivity index (χ2v) is 5.94. The second kappa shape index (κ2) is 8.27. The average Bonchev–Trinajstić information content (AvgIpc) is 2.72. The molecule has 0 radical (unpaired) electrons. The summed E-state index contributed by atoms with van der Waals surface area (Å²) in [7, 11) is 1.27. The van der Waals surface area contributed by atoms with Gasteiger partial charge in [0.05, 0.1) is 24.3 Å². The Labute approximate surface area is 155 Å². The zero-order valence-corrected chi connectivity index (χ0v) is 14.8.